The summed E-state index contributed by atoms with van der Waals surface area (Å²) in [7, 11) is 0. The van der Waals surface area contributed by atoms with E-state index in [1.165, 1.54) is 0 Å². The van der Waals surface area contributed by atoms with E-state index in [1.54, 1.807) is 6.08 Å². The van der Waals surface area contributed by atoms with Crippen molar-refractivity contribution in [1.29, 1.82) is 0 Å². The molecule has 0 bridgehead atoms. The van der Waals surface area contributed by atoms with Crippen LogP contribution in [0.25, 0.3) is 17.1 Å². The molecule has 0 spiro atoms. The molecule has 1 N–H and O–H groups in total. The Bertz CT molecular complexity index is 926. The van der Waals surface area contributed by atoms with Gasteiger partial charge in [-0.05, 0) is 55.7 Å². The van der Waals surface area contributed by atoms with E-state index >= 15 is 0 Å². The van der Waals surface area contributed by atoms with Gasteiger partial charge in [0.2, 0.25) is 5.91 Å². The molecule has 1 aliphatic heterocycles. The zero-order chi connectivity index (χ0) is 18.6. The number of nitrogens with zero attached hydrogens (tertiary/aromatic N) is 2. The lowest BCUT2D eigenvalue weighted by molar-refractivity contribution is -0.126. The quantitative estimate of drug-likeness (QED) is 0.688. The smallest absolute Gasteiger partial charge is 0.247 e. The van der Waals surface area contributed by atoms with Gasteiger partial charge in [-0.3, -0.25) is 4.79 Å². The van der Waals surface area contributed by atoms with Gasteiger partial charge in [-0.15, -0.1) is 0 Å². The molecule has 1 aliphatic rings. The Kier molecular flexibility index (Phi) is 4.92. The van der Waals surface area contributed by atoms with Gasteiger partial charge in [0.25, 0.3) is 0 Å². The number of carbonyl (C=O) groups is 1. The number of para-hydroxylation sites is 2. The minimum absolute atomic E-state index is 0.00915. The fourth-order valence-electron chi connectivity index (χ4n) is 3.55. The summed E-state index contributed by atoms with van der Waals surface area (Å²) >= 11 is 0. The summed E-state index contributed by atoms with van der Waals surface area (Å²) in [4.78, 5) is 22.7. The van der Waals surface area contributed by atoms with Crippen LogP contribution in [-0.2, 0) is 4.79 Å². The molecular weight excluding hydrogens is 338 g/mol. The van der Waals surface area contributed by atoms with E-state index in [1.807, 2.05) is 66.4 Å². The molecule has 0 radical (unpaired) electrons. The first-order valence-electron chi connectivity index (χ1n) is 9.41. The number of carbonyl (C=O) groups excluding carboxylic acids is 1. The number of rotatable bonds is 5. The average molecular weight is 361 g/mol. The number of hydrogen-bond donors (Lipinski definition) is 1. The Morgan fingerprint density at radius 2 is 2.07 bits per heavy atom. The van der Waals surface area contributed by atoms with Crippen molar-refractivity contribution < 1.29 is 9.53 Å². The molecule has 0 saturated carbocycles. The summed E-state index contributed by atoms with van der Waals surface area (Å²) < 4.78 is 5.45. The van der Waals surface area contributed by atoms with Crippen LogP contribution < -0.4 is 4.74 Å². The maximum absolute atomic E-state index is 12.8. The standard InChI is InChI=1S/C22H23N3O2/c1-2-27-17-12-9-16(10-13-17)11-14-21(26)25-15-5-8-20(25)22-23-18-6-3-4-7-19(18)24-22/h3-4,6-7,9-14,20H,2,5,8,15H2,1H3,(H,23,24). The molecule has 1 saturated heterocycles. The summed E-state index contributed by atoms with van der Waals surface area (Å²) in [6.45, 7) is 3.36. The predicted molar refractivity (Wildman–Crippen MR) is 106 cm³/mol. The summed E-state index contributed by atoms with van der Waals surface area (Å²) in [6, 6.07) is 15.7. The van der Waals surface area contributed by atoms with E-state index < -0.39 is 0 Å². The molecule has 0 aliphatic carbocycles. The Hall–Kier alpha value is -3.08. The van der Waals surface area contributed by atoms with Crippen LogP contribution in [-0.4, -0.2) is 33.9 Å². The number of aromatic amines is 1. The van der Waals surface area contributed by atoms with Gasteiger partial charge >= 0.3 is 0 Å². The lowest BCUT2D eigenvalue weighted by Gasteiger charge is -2.21. The zero-order valence-electron chi connectivity index (χ0n) is 15.4. The largest absolute Gasteiger partial charge is 0.494 e. The number of amides is 1. The predicted octanol–water partition coefficient (Wildman–Crippen LogP) is 4.34. The molecular formula is C22H23N3O2. The number of H-pyrrole nitrogens is 1. The number of imidazole rings is 1. The fraction of sp³-hybridized carbons (Fsp3) is 0.273. The second-order valence-electron chi connectivity index (χ2n) is 6.66. The highest BCUT2D eigenvalue weighted by Crippen LogP contribution is 2.31. The van der Waals surface area contributed by atoms with E-state index in [0.29, 0.717) is 6.61 Å². The summed E-state index contributed by atoms with van der Waals surface area (Å²) in [5.41, 5.74) is 2.93. The maximum atomic E-state index is 12.8. The van der Waals surface area contributed by atoms with Gasteiger partial charge < -0.3 is 14.6 Å². The number of likely N-dealkylation sites (tertiary alicyclic amines) is 1. The maximum Gasteiger partial charge on any atom is 0.247 e. The van der Waals surface area contributed by atoms with Crippen LogP contribution in [0, 0.1) is 0 Å². The Balaban J connectivity index is 1.48. The first kappa shape index (κ1) is 17.3. The normalized spacial score (nSPS) is 17.1. The molecule has 1 fully saturated rings. The van der Waals surface area contributed by atoms with E-state index in [4.69, 9.17) is 4.74 Å². The van der Waals surface area contributed by atoms with Crippen molar-refractivity contribution in [1.82, 2.24) is 14.9 Å². The Labute approximate surface area is 158 Å². The highest BCUT2D eigenvalue weighted by atomic mass is 16.5. The highest BCUT2D eigenvalue weighted by Gasteiger charge is 2.30. The van der Waals surface area contributed by atoms with Crippen LogP contribution in [0.1, 0.15) is 37.2 Å². The third kappa shape index (κ3) is 3.72. The lowest BCUT2D eigenvalue weighted by atomic mass is 10.2. The van der Waals surface area contributed by atoms with Gasteiger partial charge in [-0.25, -0.2) is 4.98 Å². The molecule has 5 nitrogen and oxygen atoms in total. The summed E-state index contributed by atoms with van der Waals surface area (Å²) in [5.74, 6) is 1.73. The molecule has 5 heteroatoms. The first-order valence-corrected chi connectivity index (χ1v) is 9.41. The molecule has 1 unspecified atom stereocenters. The molecule has 4 rings (SSSR count). The molecule has 1 atom stereocenters. The summed E-state index contributed by atoms with van der Waals surface area (Å²) in [5, 5.41) is 0. The zero-order valence-corrected chi connectivity index (χ0v) is 15.4. The van der Waals surface area contributed by atoms with E-state index in [-0.39, 0.29) is 11.9 Å². The molecule has 2 heterocycles. The second kappa shape index (κ2) is 7.66. The molecule has 27 heavy (non-hydrogen) atoms. The van der Waals surface area contributed by atoms with Crippen LogP contribution in [0.5, 0.6) is 5.75 Å². The van der Waals surface area contributed by atoms with Crippen LogP contribution in [0.15, 0.2) is 54.6 Å². The van der Waals surface area contributed by atoms with Gasteiger partial charge in [0.05, 0.1) is 23.7 Å². The van der Waals surface area contributed by atoms with Crippen molar-refractivity contribution in [2.75, 3.05) is 13.2 Å². The van der Waals surface area contributed by atoms with Crippen LogP contribution in [0.2, 0.25) is 0 Å². The number of aromatic nitrogens is 2. The number of ether oxygens (including phenoxy) is 1. The SMILES string of the molecule is CCOc1ccc(C=CC(=O)N2CCCC2c2nc3ccccc3[nH]2)cc1. The fourth-order valence-corrected chi connectivity index (χ4v) is 3.55. The van der Waals surface area contributed by atoms with Crippen LogP contribution in [0.4, 0.5) is 0 Å². The van der Waals surface area contributed by atoms with Gasteiger partial charge in [-0.1, -0.05) is 24.3 Å². The van der Waals surface area contributed by atoms with Gasteiger partial charge in [-0.2, -0.15) is 0 Å². The lowest BCUT2D eigenvalue weighted by Crippen LogP contribution is -2.29. The van der Waals surface area contributed by atoms with E-state index in [9.17, 15) is 4.79 Å². The monoisotopic (exact) mass is 361 g/mol. The highest BCUT2D eigenvalue weighted by molar-refractivity contribution is 5.92. The molecule has 2 aromatic carbocycles. The van der Waals surface area contributed by atoms with Crippen LogP contribution in [0.3, 0.4) is 0 Å². The number of nitrogens with one attached hydrogen (secondary N) is 1. The molecule has 138 valence electrons. The molecule has 1 aromatic heterocycles. The topological polar surface area (TPSA) is 58.2 Å². The van der Waals surface area contributed by atoms with E-state index in [0.717, 1.165) is 47.6 Å². The second-order valence-corrected chi connectivity index (χ2v) is 6.66. The number of benzene rings is 2. The van der Waals surface area contributed by atoms with Crippen molar-refractivity contribution in [2.45, 2.75) is 25.8 Å². The van der Waals surface area contributed by atoms with Gasteiger partial charge in [0, 0.05) is 12.6 Å². The average Bonchev–Trinajstić information content (AvgIpc) is 3.34. The third-order valence-electron chi connectivity index (χ3n) is 4.87. The van der Waals surface area contributed by atoms with Crippen molar-refractivity contribution in [3.05, 3.63) is 66.0 Å². The summed E-state index contributed by atoms with van der Waals surface area (Å²) in [6.07, 6.45) is 5.43. The first-order chi connectivity index (χ1) is 13.2. The third-order valence-corrected chi connectivity index (χ3v) is 4.87. The van der Waals surface area contributed by atoms with E-state index in [2.05, 4.69) is 9.97 Å². The molecule has 1 amide bonds. The van der Waals surface area contributed by atoms with Gasteiger partial charge in [0.1, 0.15) is 11.6 Å². The Morgan fingerprint density at radius 1 is 1.26 bits per heavy atom. The molecule has 3 aromatic rings. The van der Waals surface area contributed by atoms with Crippen molar-refractivity contribution >= 4 is 23.0 Å². The Morgan fingerprint density at radius 3 is 2.85 bits per heavy atom. The number of fused-ring (bicyclic) bond motifs is 1. The van der Waals surface area contributed by atoms with Crippen molar-refractivity contribution in [2.24, 2.45) is 0 Å². The van der Waals surface area contributed by atoms with Crippen molar-refractivity contribution in [3.8, 4) is 5.75 Å². The van der Waals surface area contributed by atoms with Crippen molar-refractivity contribution in [3.63, 3.8) is 0 Å². The minimum Gasteiger partial charge on any atom is -0.494 e. The van der Waals surface area contributed by atoms with Gasteiger partial charge in [0.15, 0.2) is 0 Å². The number of hydrogen-bond acceptors (Lipinski definition) is 3. The minimum atomic E-state index is 0.00915. The van der Waals surface area contributed by atoms with Crippen LogP contribution >= 0.6 is 0 Å².